The van der Waals surface area contributed by atoms with Crippen LogP contribution in [-0.2, 0) is 10.0 Å². The minimum Gasteiger partial charge on any atom is -0.389 e. The Kier molecular flexibility index (Phi) is 6.24. The summed E-state index contributed by atoms with van der Waals surface area (Å²) >= 11 is 4.75. The van der Waals surface area contributed by atoms with E-state index in [-0.39, 0.29) is 21.5 Å². The number of sulfonamides is 1. The molecule has 0 amide bonds. The van der Waals surface area contributed by atoms with Crippen molar-refractivity contribution in [3.8, 4) is 0 Å². The molecule has 0 heterocycles. The van der Waals surface area contributed by atoms with Gasteiger partial charge in [0.2, 0.25) is 10.0 Å². The van der Waals surface area contributed by atoms with E-state index in [9.17, 15) is 12.8 Å². The Balaban J connectivity index is 3.09. The molecule has 4 nitrogen and oxygen atoms in total. The third-order valence-corrected chi connectivity index (χ3v) is 5.16. The smallest absolute Gasteiger partial charge is 0.241 e. The van der Waals surface area contributed by atoms with Crippen LogP contribution in [0.2, 0.25) is 0 Å². The highest BCUT2D eigenvalue weighted by molar-refractivity contribution is 7.89. The Hall–Kier alpha value is -1.05. The lowest BCUT2D eigenvalue weighted by Gasteiger charge is -2.18. The summed E-state index contributed by atoms with van der Waals surface area (Å²) in [5, 5.41) is 0. The van der Waals surface area contributed by atoms with Crippen molar-refractivity contribution < 1.29 is 12.8 Å². The van der Waals surface area contributed by atoms with Crippen LogP contribution >= 0.6 is 12.2 Å². The summed E-state index contributed by atoms with van der Waals surface area (Å²) in [5.74, 6) is -0.342. The summed E-state index contributed by atoms with van der Waals surface area (Å²) in [7, 11) is -3.87. The van der Waals surface area contributed by atoms with E-state index in [0.717, 1.165) is 12.5 Å². The second-order valence-electron chi connectivity index (χ2n) is 5.25. The predicted molar refractivity (Wildman–Crippen MR) is 86.1 cm³/mol. The highest BCUT2D eigenvalue weighted by atomic mass is 32.2. The molecule has 0 saturated carbocycles. The highest BCUT2D eigenvalue weighted by Gasteiger charge is 2.24. The van der Waals surface area contributed by atoms with Crippen LogP contribution in [0.25, 0.3) is 0 Å². The Labute approximate surface area is 131 Å². The van der Waals surface area contributed by atoms with Gasteiger partial charge in [-0.1, -0.05) is 38.6 Å². The van der Waals surface area contributed by atoms with Crippen molar-refractivity contribution in [3.05, 3.63) is 29.6 Å². The number of hydrogen-bond acceptors (Lipinski definition) is 3. The fraction of sp³-hybridized carbons (Fsp3) is 0.500. The lowest BCUT2D eigenvalue weighted by Crippen LogP contribution is -2.35. The maximum Gasteiger partial charge on any atom is 0.241 e. The van der Waals surface area contributed by atoms with Gasteiger partial charge in [0.25, 0.3) is 0 Å². The average Bonchev–Trinajstić information content (AvgIpc) is 2.36. The number of hydrogen-bond donors (Lipinski definition) is 2. The van der Waals surface area contributed by atoms with Gasteiger partial charge in [0, 0.05) is 6.04 Å². The van der Waals surface area contributed by atoms with Crippen molar-refractivity contribution in [3.63, 3.8) is 0 Å². The molecule has 21 heavy (non-hydrogen) atoms. The molecule has 2 unspecified atom stereocenters. The molecule has 0 aromatic heterocycles. The van der Waals surface area contributed by atoms with Crippen molar-refractivity contribution in [1.82, 2.24) is 4.72 Å². The van der Waals surface area contributed by atoms with Crippen LogP contribution in [0.1, 0.15) is 39.2 Å². The molecule has 0 saturated heterocycles. The maximum absolute atomic E-state index is 13.8. The van der Waals surface area contributed by atoms with Crippen LogP contribution in [0, 0.1) is 11.7 Å². The third-order valence-electron chi connectivity index (χ3n) is 3.32. The molecule has 0 spiro atoms. The van der Waals surface area contributed by atoms with E-state index in [1.165, 1.54) is 12.1 Å². The predicted octanol–water partition coefficient (Wildman–Crippen LogP) is 2.56. The van der Waals surface area contributed by atoms with Gasteiger partial charge in [-0.3, -0.25) is 0 Å². The van der Waals surface area contributed by atoms with E-state index in [2.05, 4.69) is 4.72 Å². The van der Waals surface area contributed by atoms with Crippen molar-refractivity contribution in [1.29, 1.82) is 0 Å². The van der Waals surface area contributed by atoms with Gasteiger partial charge in [0.1, 0.15) is 10.8 Å². The Morgan fingerprint density at radius 1 is 1.43 bits per heavy atom. The van der Waals surface area contributed by atoms with Crippen LogP contribution in [0.5, 0.6) is 0 Å². The van der Waals surface area contributed by atoms with Crippen molar-refractivity contribution >= 4 is 27.2 Å². The van der Waals surface area contributed by atoms with E-state index >= 15 is 0 Å². The van der Waals surface area contributed by atoms with E-state index < -0.39 is 15.8 Å². The first kappa shape index (κ1) is 18.0. The fourth-order valence-corrected chi connectivity index (χ4v) is 3.87. The molecule has 1 rings (SSSR count). The summed E-state index contributed by atoms with van der Waals surface area (Å²) in [6, 6.07) is 3.50. The molecule has 0 bridgehead atoms. The molecule has 2 atom stereocenters. The Bertz CT molecular complexity index is 617. The number of thiocarbonyl (C=S) groups is 1. The van der Waals surface area contributed by atoms with Crippen LogP contribution in [0.3, 0.4) is 0 Å². The molecule has 0 aliphatic heterocycles. The SMILES string of the molecule is CCC(C)CC(C)NS(=O)(=O)c1cccc(F)c1C(N)=S. The summed E-state index contributed by atoms with van der Waals surface area (Å²) in [5.41, 5.74) is 5.20. The molecule has 0 fully saturated rings. The van der Waals surface area contributed by atoms with Crippen molar-refractivity contribution in [2.75, 3.05) is 0 Å². The zero-order valence-electron chi connectivity index (χ0n) is 12.4. The first-order chi connectivity index (χ1) is 9.69. The minimum absolute atomic E-state index is 0.217. The molecule has 0 aliphatic rings. The third kappa shape index (κ3) is 4.72. The molecule has 118 valence electrons. The van der Waals surface area contributed by atoms with Gasteiger partial charge in [-0.05, 0) is 31.4 Å². The van der Waals surface area contributed by atoms with Gasteiger partial charge < -0.3 is 5.73 Å². The lowest BCUT2D eigenvalue weighted by atomic mass is 10.0. The van der Waals surface area contributed by atoms with Gasteiger partial charge in [-0.25, -0.2) is 17.5 Å². The number of benzene rings is 1. The number of rotatable bonds is 7. The lowest BCUT2D eigenvalue weighted by molar-refractivity contribution is 0.445. The van der Waals surface area contributed by atoms with Crippen LogP contribution in [0.15, 0.2) is 23.1 Å². The van der Waals surface area contributed by atoms with Crippen LogP contribution in [-0.4, -0.2) is 19.4 Å². The van der Waals surface area contributed by atoms with Crippen LogP contribution in [0.4, 0.5) is 4.39 Å². The quantitative estimate of drug-likeness (QED) is 0.753. The van der Waals surface area contributed by atoms with E-state index in [4.69, 9.17) is 18.0 Å². The summed E-state index contributed by atoms with van der Waals surface area (Å²) in [6.07, 6.45) is 1.66. The van der Waals surface area contributed by atoms with Crippen molar-refractivity contribution in [2.24, 2.45) is 11.7 Å². The van der Waals surface area contributed by atoms with Gasteiger partial charge in [0.15, 0.2) is 0 Å². The highest BCUT2D eigenvalue weighted by Crippen LogP contribution is 2.20. The van der Waals surface area contributed by atoms with Crippen molar-refractivity contribution in [2.45, 2.75) is 44.6 Å². The first-order valence-electron chi connectivity index (χ1n) is 6.79. The van der Waals surface area contributed by atoms with E-state index in [1.807, 2.05) is 13.8 Å². The number of nitrogens with two attached hydrogens (primary N) is 1. The zero-order chi connectivity index (χ0) is 16.2. The van der Waals surface area contributed by atoms with Gasteiger partial charge in [-0.2, -0.15) is 0 Å². The molecule has 1 aromatic rings. The summed E-state index contributed by atoms with van der Waals surface area (Å²) in [4.78, 5) is -0.492. The Morgan fingerprint density at radius 2 is 2.05 bits per heavy atom. The van der Waals surface area contributed by atoms with E-state index in [1.54, 1.807) is 6.92 Å². The molecule has 3 N–H and O–H groups in total. The van der Waals surface area contributed by atoms with Crippen LogP contribution < -0.4 is 10.5 Å². The number of halogens is 1. The van der Waals surface area contributed by atoms with Gasteiger partial charge in [0.05, 0.1) is 10.5 Å². The normalized spacial score (nSPS) is 14.7. The second-order valence-corrected chi connectivity index (χ2v) is 7.37. The van der Waals surface area contributed by atoms with E-state index in [0.29, 0.717) is 12.3 Å². The largest absolute Gasteiger partial charge is 0.389 e. The molecule has 7 heteroatoms. The molecule has 0 aliphatic carbocycles. The number of nitrogens with one attached hydrogen (secondary N) is 1. The minimum atomic E-state index is -3.87. The molecular formula is C14H21FN2O2S2. The average molecular weight is 332 g/mol. The first-order valence-corrected chi connectivity index (χ1v) is 8.68. The maximum atomic E-state index is 13.8. The summed E-state index contributed by atoms with van der Waals surface area (Å²) < 4.78 is 41.1. The molecule has 0 radical (unpaired) electrons. The zero-order valence-corrected chi connectivity index (χ0v) is 14.0. The topological polar surface area (TPSA) is 72.2 Å². The van der Waals surface area contributed by atoms with Gasteiger partial charge in [-0.15, -0.1) is 0 Å². The van der Waals surface area contributed by atoms with Gasteiger partial charge >= 0.3 is 0 Å². The second kappa shape index (κ2) is 7.29. The summed E-state index contributed by atoms with van der Waals surface area (Å²) in [6.45, 7) is 5.88. The standard InChI is InChI=1S/C14H21FN2O2S2/c1-4-9(2)8-10(3)17-21(18,19)12-7-5-6-11(15)13(12)14(16)20/h5-7,9-10,17H,4,8H2,1-3H3,(H2,16,20). The monoisotopic (exact) mass is 332 g/mol. The Morgan fingerprint density at radius 3 is 2.57 bits per heavy atom. The molecule has 1 aromatic carbocycles. The molecular weight excluding hydrogens is 311 g/mol. The fourth-order valence-electron chi connectivity index (χ4n) is 2.11.